The van der Waals surface area contributed by atoms with Crippen LogP contribution in [0.5, 0.6) is 0 Å². The molecule has 0 fully saturated rings. The molecule has 2 unspecified atom stereocenters. The Bertz CT molecular complexity index is 790. The van der Waals surface area contributed by atoms with E-state index >= 15 is 0 Å². The van der Waals surface area contributed by atoms with Gasteiger partial charge in [-0.05, 0) is 37.3 Å². The van der Waals surface area contributed by atoms with Crippen molar-refractivity contribution >= 4 is 37.5 Å². The quantitative estimate of drug-likeness (QED) is 0.848. The maximum Gasteiger partial charge on any atom is 0.240 e. The van der Waals surface area contributed by atoms with Gasteiger partial charge in [-0.2, -0.15) is 0 Å². The largest absolute Gasteiger partial charge is 0.384 e. The predicted octanol–water partition coefficient (Wildman–Crippen LogP) is 0.862. The Kier molecular flexibility index (Phi) is 4.60. The second-order valence-electron chi connectivity index (χ2n) is 4.85. The molecule has 2 rings (SSSR count). The fourth-order valence-electron chi connectivity index (χ4n) is 2.01. The van der Waals surface area contributed by atoms with Gasteiger partial charge in [0.1, 0.15) is 5.82 Å². The molecule has 3 N–H and O–H groups in total. The highest BCUT2D eigenvalue weighted by Gasteiger charge is 2.18. The number of fused-ring (bicyclic) bond motifs is 1. The number of hydrogen-bond acceptors (Lipinski definition) is 5. The lowest BCUT2D eigenvalue weighted by Crippen LogP contribution is -2.36. The lowest BCUT2D eigenvalue weighted by molar-refractivity contribution is 0.570. The van der Waals surface area contributed by atoms with E-state index in [1.807, 2.05) is 0 Å². The van der Waals surface area contributed by atoms with Crippen LogP contribution in [-0.2, 0) is 20.8 Å². The van der Waals surface area contributed by atoms with Crippen LogP contribution in [0, 0.1) is 0 Å². The molecule has 1 aromatic heterocycles. The first-order chi connectivity index (χ1) is 9.78. The molecular weight excluding hydrogens is 310 g/mol. The summed E-state index contributed by atoms with van der Waals surface area (Å²) in [6, 6.07) is 7.58. The third-order valence-electron chi connectivity index (χ3n) is 2.83. The number of benzene rings is 1. The zero-order valence-electron chi connectivity index (χ0n) is 11.7. The first-order valence-corrected chi connectivity index (χ1v) is 9.47. The molecule has 0 aliphatic carbocycles. The molecule has 0 aliphatic rings. The monoisotopic (exact) mass is 327 g/mol. The van der Waals surface area contributed by atoms with Crippen LogP contribution < -0.4 is 10.5 Å². The maximum atomic E-state index is 12.3. The predicted molar refractivity (Wildman–Crippen MR) is 84.9 cm³/mol. The lowest BCUT2D eigenvalue weighted by atomic mass is 10.2. The zero-order valence-corrected chi connectivity index (χ0v) is 13.4. The van der Waals surface area contributed by atoms with Gasteiger partial charge >= 0.3 is 0 Å². The van der Waals surface area contributed by atoms with Gasteiger partial charge in [-0.3, -0.25) is 4.21 Å². The highest BCUT2D eigenvalue weighted by molar-refractivity contribution is 7.89. The molecule has 0 aliphatic heterocycles. The second kappa shape index (κ2) is 6.08. The third kappa shape index (κ3) is 3.99. The van der Waals surface area contributed by atoms with Gasteiger partial charge < -0.3 is 5.73 Å². The van der Waals surface area contributed by atoms with Gasteiger partial charge in [0.15, 0.2) is 0 Å². The van der Waals surface area contributed by atoms with Crippen molar-refractivity contribution in [3.05, 3.63) is 30.3 Å². The van der Waals surface area contributed by atoms with Gasteiger partial charge in [-0.1, -0.05) is 0 Å². The number of pyridine rings is 1. The van der Waals surface area contributed by atoms with E-state index in [0.29, 0.717) is 16.7 Å². The second-order valence-corrected chi connectivity index (χ2v) is 8.05. The summed E-state index contributed by atoms with van der Waals surface area (Å²) in [4.78, 5) is 4.27. The van der Waals surface area contributed by atoms with Crippen molar-refractivity contribution in [3.8, 4) is 0 Å². The van der Waals surface area contributed by atoms with Crippen LogP contribution in [0.3, 0.4) is 0 Å². The maximum absolute atomic E-state index is 12.3. The molecule has 0 bridgehead atoms. The number of aromatic nitrogens is 1. The van der Waals surface area contributed by atoms with Crippen molar-refractivity contribution in [1.29, 1.82) is 0 Å². The van der Waals surface area contributed by atoms with Crippen LogP contribution in [0.15, 0.2) is 35.2 Å². The highest BCUT2D eigenvalue weighted by atomic mass is 32.2. The molecule has 0 spiro atoms. The van der Waals surface area contributed by atoms with Gasteiger partial charge in [-0.25, -0.2) is 18.1 Å². The molecule has 1 aromatic carbocycles. The third-order valence-corrected chi connectivity index (χ3v) is 5.39. The van der Waals surface area contributed by atoms with Crippen LogP contribution in [0.1, 0.15) is 6.92 Å². The topological polar surface area (TPSA) is 102 Å². The number of anilines is 1. The number of sulfonamides is 1. The lowest BCUT2D eigenvalue weighted by Gasteiger charge is -2.13. The van der Waals surface area contributed by atoms with Crippen molar-refractivity contribution in [2.45, 2.75) is 17.9 Å². The standard InChI is InChI=1S/C13H17N3O3S2/c1-9(8-20(2)17)16-21(18,19)11-4-5-12-10(7-11)3-6-13(14)15-12/h3-7,9,16H,8H2,1-2H3,(H2,14,15). The van der Waals surface area contributed by atoms with E-state index in [2.05, 4.69) is 9.71 Å². The van der Waals surface area contributed by atoms with Crippen LogP contribution >= 0.6 is 0 Å². The Morgan fingerprint density at radius 1 is 1.33 bits per heavy atom. The number of nitrogens with one attached hydrogen (secondary N) is 1. The molecule has 1 heterocycles. The molecule has 114 valence electrons. The number of rotatable bonds is 5. The first kappa shape index (κ1) is 15.9. The summed E-state index contributed by atoms with van der Waals surface area (Å²) >= 11 is 0. The van der Waals surface area contributed by atoms with Gasteiger partial charge in [0.05, 0.1) is 10.4 Å². The van der Waals surface area contributed by atoms with Crippen molar-refractivity contribution < 1.29 is 12.6 Å². The summed E-state index contributed by atoms with van der Waals surface area (Å²) in [6.07, 6.45) is 1.54. The average Bonchev–Trinajstić information content (AvgIpc) is 2.36. The number of hydrogen-bond donors (Lipinski definition) is 2. The van der Waals surface area contributed by atoms with Crippen molar-refractivity contribution in [1.82, 2.24) is 9.71 Å². The fourth-order valence-corrected chi connectivity index (χ4v) is 4.18. The first-order valence-electron chi connectivity index (χ1n) is 6.26. The number of nitrogens with zero attached hydrogens (tertiary/aromatic N) is 1. The van der Waals surface area contributed by atoms with E-state index in [-0.39, 0.29) is 10.6 Å². The summed E-state index contributed by atoms with van der Waals surface area (Å²) in [7, 11) is -4.71. The minimum Gasteiger partial charge on any atom is -0.384 e. The molecule has 21 heavy (non-hydrogen) atoms. The van der Waals surface area contributed by atoms with Crippen molar-refractivity contribution in [2.24, 2.45) is 0 Å². The number of nitrogen functional groups attached to an aromatic ring is 1. The molecule has 8 heteroatoms. The SMILES string of the molecule is CC(CS(C)=O)NS(=O)(=O)c1ccc2nc(N)ccc2c1. The van der Waals surface area contributed by atoms with E-state index in [4.69, 9.17) is 5.73 Å². The minimum atomic E-state index is -3.65. The van der Waals surface area contributed by atoms with E-state index < -0.39 is 26.9 Å². The summed E-state index contributed by atoms with van der Waals surface area (Å²) < 4.78 is 38.2. The van der Waals surface area contributed by atoms with E-state index in [1.54, 1.807) is 31.2 Å². The number of nitrogens with two attached hydrogens (primary N) is 1. The zero-order chi connectivity index (χ0) is 15.6. The molecule has 0 amide bonds. The van der Waals surface area contributed by atoms with Crippen molar-refractivity contribution in [3.63, 3.8) is 0 Å². The van der Waals surface area contributed by atoms with Gasteiger partial charge in [0.2, 0.25) is 10.0 Å². The Labute approximate surface area is 126 Å². The Morgan fingerprint density at radius 3 is 2.71 bits per heavy atom. The van der Waals surface area contributed by atoms with Gasteiger partial charge in [0.25, 0.3) is 0 Å². The van der Waals surface area contributed by atoms with E-state index in [1.165, 1.54) is 12.3 Å². The summed E-state index contributed by atoms with van der Waals surface area (Å²) in [5.74, 6) is 0.653. The van der Waals surface area contributed by atoms with E-state index in [9.17, 15) is 12.6 Å². The smallest absolute Gasteiger partial charge is 0.240 e. The van der Waals surface area contributed by atoms with Crippen LogP contribution in [-0.4, -0.2) is 35.7 Å². The molecule has 2 aromatic rings. The Hall–Kier alpha value is -1.51. The van der Waals surface area contributed by atoms with Crippen molar-refractivity contribution in [2.75, 3.05) is 17.7 Å². The summed E-state index contributed by atoms with van der Waals surface area (Å²) in [5, 5.41) is 0.693. The van der Waals surface area contributed by atoms with Gasteiger partial charge in [0, 0.05) is 34.2 Å². The Morgan fingerprint density at radius 2 is 2.05 bits per heavy atom. The highest BCUT2D eigenvalue weighted by Crippen LogP contribution is 2.19. The molecule has 0 radical (unpaired) electrons. The van der Waals surface area contributed by atoms with E-state index in [0.717, 1.165) is 0 Å². The normalized spacial score (nSPS) is 15.0. The minimum absolute atomic E-state index is 0.148. The van der Waals surface area contributed by atoms with Crippen LogP contribution in [0.2, 0.25) is 0 Å². The molecular formula is C13H17N3O3S2. The molecule has 2 atom stereocenters. The molecule has 0 saturated carbocycles. The van der Waals surface area contributed by atoms with Crippen LogP contribution in [0.25, 0.3) is 10.9 Å². The van der Waals surface area contributed by atoms with Crippen LogP contribution in [0.4, 0.5) is 5.82 Å². The summed E-state index contributed by atoms with van der Waals surface area (Å²) in [6.45, 7) is 1.68. The average molecular weight is 327 g/mol. The molecule has 6 nitrogen and oxygen atoms in total. The van der Waals surface area contributed by atoms with Gasteiger partial charge in [-0.15, -0.1) is 0 Å². The Balaban J connectivity index is 2.32. The molecule has 0 saturated heterocycles. The summed E-state index contributed by atoms with van der Waals surface area (Å²) in [5.41, 5.74) is 6.23. The fraction of sp³-hybridized carbons (Fsp3) is 0.308.